The maximum absolute atomic E-state index is 13.0. The van der Waals surface area contributed by atoms with Gasteiger partial charge in [-0.05, 0) is 49.7 Å². The first-order valence-electron chi connectivity index (χ1n) is 9.64. The van der Waals surface area contributed by atoms with Crippen LogP contribution in [0.1, 0.15) is 22.8 Å². The number of carbonyl (C=O) groups excluding carboxylic acids is 1. The maximum Gasteiger partial charge on any atom is 0.255 e. The molecule has 0 radical (unpaired) electrons. The molecule has 3 rings (SSSR count). The number of anilines is 2. The highest BCUT2D eigenvalue weighted by atomic mass is 32.2. The smallest absolute Gasteiger partial charge is 0.255 e. The summed E-state index contributed by atoms with van der Waals surface area (Å²) in [6.07, 6.45) is 0. The average Bonchev–Trinajstić information content (AvgIpc) is 2.74. The standard InChI is InChI=1S/C21H27N3O4S/c1-4-23(3)19-7-5-6-18(15-19)22-21(25)17-9-8-16(2)20(14-17)29(26,27)24-10-12-28-13-11-24/h5-9,14-15H,4,10-13H2,1-3H3,(H,22,25). The van der Waals surface area contributed by atoms with Gasteiger partial charge >= 0.3 is 0 Å². The van der Waals surface area contributed by atoms with E-state index in [0.29, 0.717) is 43.1 Å². The molecule has 1 N–H and O–H groups in total. The Hall–Kier alpha value is -2.42. The van der Waals surface area contributed by atoms with E-state index in [0.717, 1.165) is 12.2 Å². The SMILES string of the molecule is CCN(C)c1cccc(NC(=O)c2ccc(C)c(S(=O)(=O)N3CCOCC3)c2)c1. The monoisotopic (exact) mass is 417 g/mol. The van der Waals surface area contributed by atoms with Crippen molar-refractivity contribution >= 4 is 27.3 Å². The van der Waals surface area contributed by atoms with Gasteiger partial charge in [0.05, 0.1) is 18.1 Å². The third-order valence-corrected chi connectivity index (χ3v) is 7.10. The molecule has 156 valence electrons. The molecule has 0 atom stereocenters. The quantitative estimate of drug-likeness (QED) is 0.782. The molecule has 29 heavy (non-hydrogen) atoms. The summed E-state index contributed by atoms with van der Waals surface area (Å²) in [6.45, 7) is 6.01. The summed E-state index contributed by atoms with van der Waals surface area (Å²) in [7, 11) is -1.70. The molecular formula is C21H27N3O4S. The van der Waals surface area contributed by atoms with E-state index in [9.17, 15) is 13.2 Å². The Bertz CT molecular complexity index is 985. The largest absolute Gasteiger partial charge is 0.379 e. The summed E-state index contributed by atoms with van der Waals surface area (Å²) >= 11 is 0. The minimum atomic E-state index is -3.68. The molecule has 0 bridgehead atoms. The summed E-state index contributed by atoms with van der Waals surface area (Å²) in [5, 5.41) is 2.86. The predicted octanol–water partition coefficient (Wildman–Crippen LogP) is 2.72. The second kappa shape index (κ2) is 8.94. The van der Waals surface area contributed by atoms with Gasteiger partial charge in [0.25, 0.3) is 5.91 Å². The van der Waals surface area contributed by atoms with Gasteiger partial charge in [-0.2, -0.15) is 4.31 Å². The van der Waals surface area contributed by atoms with Crippen LogP contribution >= 0.6 is 0 Å². The fraction of sp³-hybridized carbons (Fsp3) is 0.381. The highest BCUT2D eigenvalue weighted by Crippen LogP contribution is 2.24. The van der Waals surface area contributed by atoms with Gasteiger partial charge in [0, 0.05) is 43.6 Å². The molecule has 2 aromatic rings. The molecule has 8 heteroatoms. The maximum atomic E-state index is 13.0. The lowest BCUT2D eigenvalue weighted by molar-refractivity contribution is 0.0730. The number of amides is 1. The van der Waals surface area contributed by atoms with Gasteiger partial charge in [-0.1, -0.05) is 12.1 Å². The Kier molecular flexibility index (Phi) is 6.56. The van der Waals surface area contributed by atoms with Gasteiger partial charge in [-0.3, -0.25) is 4.79 Å². The molecule has 1 aliphatic rings. The highest BCUT2D eigenvalue weighted by molar-refractivity contribution is 7.89. The molecule has 1 fully saturated rings. The van der Waals surface area contributed by atoms with Crippen molar-refractivity contribution in [2.24, 2.45) is 0 Å². The third kappa shape index (κ3) is 4.77. The van der Waals surface area contributed by atoms with Crippen LogP contribution in [0.5, 0.6) is 0 Å². The molecule has 1 saturated heterocycles. The molecule has 7 nitrogen and oxygen atoms in total. The number of nitrogens with one attached hydrogen (secondary N) is 1. The molecule has 0 aliphatic carbocycles. The number of ether oxygens (including phenoxy) is 1. The fourth-order valence-electron chi connectivity index (χ4n) is 3.15. The number of hydrogen-bond donors (Lipinski definition) is 1. The topological polar surface area (TPSA) is 79.0 Å². The van der Waals surface area contributed by atoms with E-state index in [2.05, 4.69) is 10.2 Å². The van der Waals surface area contributed by atoms with E-state index in [-0.39, 0.29) is 10.8 Å². The van der Waals surface area contributed by atoms with Gasteiger partial charge in [0.2, 0.25) is 10.0 Å². The number of benzene rings is 2. The van der Waals surface area contributed by atoms with Crippen molar-refractivity contribution in [1.82, 2.24) is 4.31 Å². The zero-order valence-electron chi connectivity index (χ0n) is 17.0. The van der Waals surface area contributed by atoms with E-state index in [1.807, 2.05) is 38.2 Å². The number of nitrogens with zero attached hydrogens (tertiary/aromatic N) is 2. The Morgan fingerprint density at radius 1 is 1.17 bits per heavy atom. The van der Waals surface area contributed by atoms with Crippen molar-refractivity contribution in [2.75, 3.05) is 50.1 Å². The van der Waals surface area contributed by atoms with Crippen LogP contribution in [-0.2, 0) is 14.8 Å². The third-order valence-electron chi connectivity index (χ3n) is 5.06. The Balaban J connectivity index is 1.85. The van der Waals surface area contributed by atoms with Crippen LogP contribution in [0, 0.1) is 6.92 Å². The molecule has 2 aromatic carbocycles. The van der Waals surface area contributed by atoms with Crippen LogP contribution in [0.2, 0.25) is 0 Å². The first-order valence-corrected chi connectivity index (χ1v) is 11.1. The zero-order valence-corrected chi connectivity index (χ0v) is 17.8. The summed E-state index contributed by atoms with van der Waals surface area (Å²) in [6, 6.07) is 12.3. The number of sulfonamides is 1. The number of carbonyl (C=O) groups is 1. The second-order valence-electron chi connectivity index (χ2n) is 7.02. The lowest BCUT2D eigenvalue weighted by Gasteiger charge is -2.26. The van der Waals surface area contributed by atoms with Crippen LogP contribution in [-0.4, -0.2) is 58.5 Å². The lowest BCUT2D eigenvalue weighted by atomic mass is 10.1. The molecule has 0 saturated carbocycles. The molecule has 1 aliphatic heterocycles. The van der Waals surface area contributed by atoms with Crippen LogP contribution < -0.4 is 10.2 Å². The zero-order chi connectivity index (χ0) is 21.0. The predicted molar refractivity (Wildman–Crippen MR) is 114 cm³/mol. The van der Waals surface area contributed by atoms with Gasteiger partial charge < -0.3 is 15.0 Å². The average molecular weight is 418 g/mol. The number of hydrogen-bond acceptors (Lipinski definition) is 5. The minimum Gasteiger partial charge on any atom is -0.379 e. The summed E-state index contributed by atoms with van der Waals surface area (Å²) in [4.78, 5) is 15.0. The molecule has 1 heterocycles. The number of aryl methyl sites for hydroxylation is 1. The minimum absolute atomic E-state index is 0.159. The summed E-state index contributed by atoms with van der Waals surface area (Å²) in [5.41, 5.74) is 2.56. The van der Waals surface area contributed by atoms with Crippen LogP contribution in [0.15, 0.2) is 47.4 Å². The van der Waals surface area contributed by atoms with Gasteiger partial charge in [-0.15, -0.1) is 0 Å². The molecule has 0 unspecified atom stereocenters. The fourth-order valence-corrected chi connectivity index (χ4v) is 4.81. The Morgan fingerprint density at radius 3 is 2.59 bits per heavy atom. The van der Waals surface area contributed by atoms with Crippen LogP contribution in [0.3, 0.4) is 0 Å². The van der Waals surface area contributed by atoms with Crippen molar-refractivity contribution in [1.29, 1.82) is 0 Å². The van der Waals surface area contributed by atoms with Gasteiger partial charge in [-0.25, -0.2) is 8.42 Å². The Labute approximate surface area is 172 Å². The highest BCUT2D eigenvalue weighted by Gasteiger charge is 2.28. The molecular weight excluding hydrogens is 390 g/mol. The first-order chi connectivity index (χ1) is 13.8. The Morgan fingerprint density at radius 2 is 1.90 bits per heavy atom. The van der Waals surface area contributed by atoms with Crippen LogP contribution in [0.4, 0.5) is 11.4 Å². The van der Waals surface area contributed by atoms with Crippen molar-refractivity contribution in [3.63, 3.8) is 0 Å². The van der Waals surface area contributed by atoms with Gasteiger partial charge in [0.15, 0.2) is 0 Å². The van der Waals surface area contributed by atoms with Crippen molar-refractivity contribution < 1.29 is 17.9 Å². The normalized spacial score (nSPS) is 15.1. The first kappa shape index (κ1) is 21.3. The van der Waals surface area contributed by atoms with Gasteiger partial charge in [0.1, 0.15) is 0 Å². The van der Waals surface area contributed by atoms with Crippen molar-refractivity contribution in [3.05, 3.63) is 53.6 Å². The van der Waals surface area contributed by atoms with E-state index >= 15 is 0 Å². The van der Waals surface area contributed by atoms with E-state index in [1.165, 1.54) is 10.4 Å². The lowest BCUT2D eigenvalue weighted by Crippen LogP contribution is -2.40. The van der Waals surface area contributed by atoms with Crippen LogP contribution in [0.25, 0.3) is 0 Å². The van der Waals surface area contributed by atoms with E-state index in [4.69, 9.17) is 4.74 Å². The number of rotatable bonds is 6. The molecule has 0 spiro atoms. The summed E-state index contributed by atoms with van der Waals surface area (Å²) < 4.78 is 32.7. The van der Waals surface area contributed by atoms with Crippen molar-refractivity contribution in [2.45, 2.75) is 18.7 Å². The number of morpholine rings is 1. The molecule has 1 amide bonds. The summed E-state index contributed by atoms with van der Waals surface area (Å²) in [5.74, 6) is -0.347. The van der Waals surface area contributed by atoms with E-state index in [1.54, 1.807) is 19.1 Å². The molecule has 0 aromatic heterocycles. The van der Waals surface area contributed by atoms with E-state index < -0.39 is 10.0 Å². The second-order valence-corrected chi connectivity index (χ2v) is 8.92. The van der Waals surface area contributed by atoms with Crippen molar-refractivity contribution in [3.8, 4) is 0 Å².